The van der Waals surface area contributed by atoms with Crippen molar-refractivity contribution in [3.05, 3.63) is 38.3 Å². The molecule has 0 aliphatic rings. The molecule has 7 heteroatoms. The van der Waals surface area contributed by atoms with Crippen molar-refractivity contribution in [1.29, 1.82) is 0 Å². The Morgan fingerprint density at radius 3 is 2.69 bits per heavy atom. The molecule has 1 aromatic rings. The van der Waals surface area contributed by atoms with E-state index in [0.29, 0.717) is 10.0 Å². The smallest absolute Gasteiger partial charge is 0.283 e. The molecule has 0 fully saturated rings. The number of nitro benzene ring substituents is 1. The van der Waals surface area contributed by atoms with Crippen molar-refractivity contribution >= 4 is 34.0 Å². The van der Waals surface area contributed by atoms with Gasteiger partial charge in [-0.2, -0.15) is 0 Å². The van der Waals surface area contributed by atoms with E-state index in [1.807, 2.05) is 0 Å². The Bertz CT molecular complexity index is 379. The molecule has 0 aliphatic heterocycles. The van der Waals surface area contributed by atoms with Crippen molar-refractivity contribution in [3.8, 4) is 0 Å². The Labute approximate surface area is 107 Å². The predicted octanol–water partition coefficient (Wildman–Crippen LogP) is 3.14. The molecule has 16 heavy (non-hydrogen) atoms. The van der Waals surface area contributed by atoms with E-state index in [1.165, 1.54) is 6.07 Å². The summed E-state index contributed by atoms with van der Waals surface area (Å²) in [6, 6.07) is 4.06. The van der Waals surface area contributed by atoms with Crippen LogP contribution in [0.2, 0.25) is 0 Å². The summed E-state index contributed by atoms with van der Waals surface area (Å²) < 4.78 is 12.4. The van der Waals surface area contributed by atoms with Gasteiger partial charge < -0.3 is 5.73 Å². The van der Waals surface area contributed by atoms with Gasteiger partial charge in [0.1, 0.15) is 0 Å². The molecule has 0 saturated heterocycles. The number of hydrogen-bond donors (Lipinski definition) is 1. The molecule has 0 bridgehead atoms. The van der Waals surface area contributed by atoms with Crippen molar-refractivity contribution in [2.45, 2.75) is 12.5 Å². The summed E-state index contributed by atoms with van der Waals surface area (Å²) in [4.78, 5) is 10.1. The quantitative estimate of drug-likeness (QED) is 0.686. The molecule has 1 aromatic carbocycles. The molecule has 0 amide bonds. The van der Waals surface area contributed by atoms with Gasteiger partial charge in [-0.25, -0.2) is 0 Å². The number of hydrogen-bond acceptors (Lipinski definition) is 3. The molecule has 0 spiro atoms. The largest absolute Gasteiger partial charge is 0.324 e. The van der Waals surface area contributed by atoms with E-state index in [1.54, 1.807) is 12.1 Å². The number of halogens is 3. The van der Waals surface area contributed by atoms with Crippen LogP contribution in [0.25, 0.3) is 0 Å². The van der Waals surface area contributed by atoms with Crippen LogP contribution in [0, 0.1) is 10.1 Å². The standard InChI is InChI=1S/C9H10BrFN2O2.ClH/c10-7-2-1-6(8(12)3-4-11)5-9(7)13(14)15;/h1-2,5,8H,3-4,12H2;1H/t8-;/m1./s1. The summed E-state index contributed by atoms with van der Waals surface area (Å²) in [5.41, 5.74) is 6.16. The lowest BCUT2D eigenvalue weighted by atomic mass is 10.0. The molecule has 0 saturated carbocycles. The summed E-state index contributed by atoms with van der Waals surface area (Å²) in [5, 5.41) is 10.6. The van der Waals surface area contributed by atoms with E-state index in [4.69, 9.17) is 5.73 Å². The topological polar surface area (TPSA) is 69.2 Å². The Kier molecular flexibility index (Phi) is 6.47. The van der Waals surface area contributed by atoms with E-state index < -0.39 is 17.6 Å². The third-order valence-corrected chi connectivity index (χ3v) is 2.69. The van der Waals surface area contributed by atoms with Crippen LogP contribution in [0.4, 0.5) is 10.1 Å². The van der Waals surface area contributed by atoms with Gasteiger partial charge >= 0.3 is 0 Å². The second-order valence-electron chi connectivity index (χ2n) is 3.05. The second-order valence-corrected chi connectivity index (χ2v) is 3.91. The van der Waals surface area contributed by atoms with Crippen LogP contribution in [0.15, 0.2) is 22.7 Å². The summed E-state index contributed by atoms with van der Waals surface area (Å²) >= 11 is 3.06. The van der Waals surface area contributed by atoms with Crippen molar-refractivity contribution < 1.29 is 9.31 Å². The maximum atomic E-state index is 12.0. The van der Waals surface area contributed by atoms with Crippen molar-refractivity contribution in [3.63, 3.8) is 0 Å². The third kappa shape index (κ3) is 3.70. The molecule has 0 heterocycles. The fraction of sp³-hybridized carbons (Fsp3) is 0.333. The molecule has 0 unspecified atom stereocenters. The van der Waals surface area contributed by atoms with Gasteiger partial charge in [0.05, 0.1) is 16.1 Å². The molecular formula is C9H11BrClFN2O2. The van der Waals surface area contributed by atoms with Crippen molar-refractivity contribution in [2.24, 2.45) is 5.73 Å². The van der Waals surface area contributed by atoms with Gasteiger partial charge in [-0.3, -0.25) is 14.5 Å². The summed E-state index contributed by atoms with van der Waals surface area (Å²) in [5.74, 6) is 0. The van der Waals surface area contributed by atoms with Gasteiger partial charge in [0, 0.05) is 12.1 Å². The van der Waals surface area contributed by atoms with E-state index in [9.17, 15) is 14.5 Å². The zero-order chi connectivity index (χ0) is 11.4. The lowest BCUT2D eigenvalue weighted by molar-refractivity contribution is -0.385. The normalized spacial score (nSPS) is 11.7. The summed E-state index contributed by atoms with van der Waals surface area (Å²) in [7, 11) is 0. The molecular weight excluding hydrogens is 302 g/mol. The molecule has 4 nitrogen and oxygen atoms in total. The van der Waals surface area contributed by atoms with E-state index in [2.05, 4.69) is 15.9 Å². The van der Waals surface area contributed by atoms with E-state index in [-0.39, 0.29) is 24.5 Å². The van der Waals surface area contributed by atoms with Gasteiger partial charge in [0.2, 0.25) is 0 Å². The Morgan fingerprint density at radius 1 is 1.56 bits per heavy atom. The van der Waals surface area contributed by atoms with Crippen LogP contribution in [-0.4, -0.2) is 11.6 Å². The molecule has 90 valence electrons. The average Bonchev–Trinajstić information content (AvgIpc) is 2.18. The van der Waals surface area contributed by atoms with Gasteiger partial charge in [-0.15, -0.1) is 12.4 Å². The first-order valence-electron chi connectivity index (χ1n) is 4.31. The molecule has 1 rings (SSSR count). The first kappa shape index (κ1) is 15.3. The van der Waals surface area contributed by atoms with Crippen LogP contribution in [0.5, 0.6) is 0 Å². The number of alkyl halides is 1. The van der Waals surface area contributed by atoms with Crippen LogP contribution in [0.1, 0.15) is 18.0 Å². The minimum absolute atomic E-state index is 0. The molecule has 2 N–H and O–H groups in total. The molecule has 1 atom stereocenters. The van der Waals surface area contributed by atoms with Crippen molar-refractivity contribution in [2.75, 3.05) is 6.67 Å². The molecule has 0 radical (unpaired) electrons. The minimum Gasteiger partial charge on any atom is -0.324 e. The monoisotopic (exact) mass is 312 g/mol. The maximum Gasteiger partial charge on any atom is 0.283 e. The number of rotatable bonds is 4. The highest BCUT2D eigenvalue weighted by Crippen LogP contribution is 2.28. The maximum absolute atomic E-state index is 12.0. The average molecular weight is 314 g/mol. The first-order chi connectivity index (χ1) is 7.06. The molecule has 0 aliphatic carbocycles. The zero-order valence-electron chi connectivity index (χ0n) is 8.23. The highest BCUT2D eigenvalue weighted by molar-refractivity contribution is 9.10. The number of nitrogens with two attached hydrogens (primary N) is 1. The van der Waals surface area contributed by atoms with Gasteiger partial charge in [-0.05, 0) is 34.0 Å². The minimum atomic E-state index is -0.537. The van der Waals surface area contributed by atoms with Crippen LogP contribution >= 0.6 is 28.3 Å². The van der Waals surface area contributed by atoms with Crippen molar-refractivity contribution in [1.82, 2.24) is 0 Å². The third-order valence-electron chi connectivity index (χ3n) is 2.02. The van der Waals surface area contributed by atoms with Crippen LogP contribution < -0.4 is 5.73 Å². The van der Waals surface area contributed by atoms with Crippen LogP contribution in [0.3, 0.4) is 0 Å². The molecule has 0 aromatic heterocycles. The Hall–Kier alpha value is -0.720. The van der Waals surface area contributed by atoms with Gasteiger partial charge in [-0.1, -0.05) is 6.07 Å². The fourth-order valence-electron chi connectivity index (χ4n) is 1.18. The van der Waals surface area contributed by atoms with Gasteiger partial charge in [0.25, 0.3) is 5.69 Å². The highest BCUT2D eigenvalue weighted by Gasteiger charge is 2.15. The van der Waals surface area contributed by atoms with Crippen LogP contribution in [-0.2, 0) is 0 Å². The number of nitro groups is 1. The number of benzene rings is 1. The highest BCUT2D eigenvalue weighted by atomic mass is 79.9. The second kappa shape index (κ2) is 6.78. The Morgan fingerprint density at radius 2 is 2.19 bits per heavy atom. The van der Waals surface area contributed by atoms with E-state index in [0.717, 1.165) is 0 Å². The van der Waals surface area contributed by atoms with E-state index >= 15 is 0 Å². The summed E-state index contributed by atoms with van der Waals surface area (Å²) in [6.07, 6.45) is 0.165. The first-order valence-corrected chi connectivity index (χ1v) is 5.11. The Balaban J connectivity index is 0.00000225. The predicted molar refractivity (Wildman–Crippen MR) is 65.6 cm³/mol. The zero-order valence-corrected chi connectivity index (χ0v) is 10.6. The summed E-state index contributed by atoms with van der Waals surface area (Å²) in [6.45, 7) is -0.537. The van der Waals surface area contributed by atoms with Gasteiger partial charge in [0.15, 0.2) is 0 Å². The lowest BCUT2D eigenvalue weighted by Crippen LogP contribution is -2.11. The SMILES string of the molecule is Cl.N[C@H](CCF)c1ccc(Br)c([N+](=O)[O-])c1. The number of nitrogens with zero attached hydrogens (tertiary/aromatic N) is 1. The lowest BCUT2D eigenvalue weighted by Gasteiger charge is -2.09. The fourth-order valence-corrected chi connectivity index (χ4v) is 1.58.